The van der Waals surface area contributed by atoms with Crippen molar-refractivity contribution < 1.29 is 9.50 Å². The molecule has 0 aromatic heterocycles. The number of nitrogens with one attached hydrogen (secondary N) is 1. The van der Waals surface area contributed by atoms with E-state index in [2.05, 4.69) is 5.32 Å². The molecule has 1 aromatic carbocycles. The van der Waals surface area contributed by atoms with Crippen molar-refractivity contribution in [2.75, 3.05) is 18.5 Å². The lowest BCUT2D eigenvalue weighted by Crippen LogP contribution is -2.43. The Morgan fingerprint density at radius 2 is 2.10 bits per heavy atom. The summed E-state index contributed by atoms with van der Waals surface area (Å²) < 4.78 is 14.4. The Morgan fingerprint density at radius 1 is 1.38 bits per heavy atom. The molecule has 3 nitrogen and oxygen atoms in total. The molecule has 0 radical (unpaired) electrons. The molecule has 0 amide bonds. The maximum atomic E-state index is 14.4. The van der Waals surface area contributed by atoms with Crippen molar-refractivity contribution in [1.29, 1.82) is 0 Å². The third kappa shape index (κ3) is 3.74. The Labute approximate surface area is 127 Å². The average Bonchev–Trinajstić information content (AvgIpc) is 2.47. The number of anilines is 1. The van der Waals surface area contributed by atoms with Gasteiger partial charge in [0.15, 0.2) is 0 Å². The summed E-state index contributed by atoms with van der Waals surface area (Å²) in [5.74, 6) is -0.211. The fourth-order valence-electron chi connectivity index (χ4n) is 3.22. The first kappa shape index (κ1) is 16.2. The molecule has 3 unspecified atom stereocenters. The number of rotatable bonds is 5. The molecule has 0 aliphatic heterocycles. The second kappa shape index (κ2) is 7.23. The molecule has 1 aromatic rings. The van der Waals surface area contributed by atoms with Gasteiger partial charge < -0.3 is 15.3 Å². The highest BCUT2D eigenvalue weighted by atomic mass is 19.1. The maximum absolute atomic E-state index is 14.4. The number of benzene rings is 1. The van der Waals surface area contributed by atoms with E-state index in [-0.39, 0.29) is 24.0 Å². The van der Waals surface area contributed by atoms with Crippen molar-refractivity contribution in [1.82, 2.24) is 5.32 Å². The second-order valence-electron chi connectivity index (χ2n) is 6.02. The van der Waals surface area contributed by atoms with Gasteiger partial charge in [0.1, 0.15) is 5.82 Å². The molecular formula is C17H27FN2O. The smallest absolute Gasteiger partial charge is 0.146 e. The first-order valence-corrected chi connectivity index (χ1v) is 7.98. The van der Waals surface area contributed by atoms with E-state index in [0.717, 1.165) is 37.8 Å². The number of likely N-dealkylation sites (N-methyl/N-ethyl adjacent to an activating group) is 1. The predicted octanol–water partition coefficient (Wildman–Crippen LogP) is 3.24. The van der Waals surface area contributed by atoms with Crippen molar-refractivity contribution >= 4 is 5.69 Å². The van der Waals surface area contributed by atoms with Crippen LogP contribution in [0.3, 0.4) is 0 Å². The Kier molecular flexibility index (Phi) is 5.59. The minimum Gasteiger partial charge on any atom is -0.391 e. The second-order valence-corrected chi connectivity index (χ2v) is 6.02. The van der Waals surface area contributed by atoms with E-state index >= 15 is 0 Å². The van der Waals surface area contributed by atoms with E-state index < -0.39 is 0 Å². The van der Waals surface area contributed by atoms with Gasteiger partial charge in [0, 0.05) is 13.1 Å². The van der Waals surface area contributed by atoms with E-state index in [4.69, 9.17) is 0 Å². The molecule has 4 heteroatoms. The zero-order chi connectivity index (χ0) is 15.4. The molecule has 1 aliphatic carbocycles. The molecule has 1 aliphatic rings. The Hall–Kier alpha value is -1.13. The van der Waals surface area contributed by atoms with Crippen LogP contribution in [0.4, 0.5) is 10.1 Å². The molecule has 0 heterocycles. The Balaban J connectivity index is 2.16. The highest BCUT2D eigenvalue weighted by molar-refractivity contribution is 5.50. The first-order chi connectivity index (χ1) is 10.0. The fourth-order valence-corrected chi connectivity index (χ4v) is 3.22. The van der Waals surface area contributed by atoms with Crippen molar-refractivity contribution in [3.05, 3.63) is 29.6 Å². The summed E-state index contributed by atoms with van der Waals surface area (Å²) in [5, 5.41) is 13.4. The summed E-state index contributed by atoms with van der Waals surface area (Å²) in [4.78, 5) is 1.90. The van der Waals surface area contributed by atoms with Gasteiger partial charge in [-0.3, -0.25) is 0 Å². The third-order valence-electron chi connectivity index (χ3n) is 4.55. The first-order valence-electron chi connectivity index (χ1n) is 7.98. The largest absolute Gasteiger partial charge is 0.391 e. The third-order valence-corrected chi connectivity index (χ3v) is 4.55. The molecule has 1 fully saturated rings. The topological polar surface area (TPSA) is 35.5 Å². The molecule has 118 valence electrons. The van der Waals surface area contributed by atoms with Crippen LogP contribution in [0.25, 0.3) is 0 Å². The summed E-state index contributed by atoms with van der Waals surface area (Å²) in [6, 6.07) is 5.57. The van der Waals surface area contributed by atoms with E-state index in [0.29, 0.717) is 5.69 Å². The molecule has 1 saturated carbocycles. The molecule has 2 rings (SSSR count). The van der Waals surface area contributed by atoms with E-state index in [1.165, 1.54) is 0 Å². The van der Waals surface area contributed by atoms with Gasteiger partial charge in [-0.1, -0.05) is 25.8 Å². The zero-order valence-corrected chi connectivity index (χ0v) is 13.3. The summed E-state index contributed by atoms with van der Waals surface area (Å²) in [6.45, 7) is 4.94. The standard InChI is InChI=1S/C17H27FN2O/c1-4-19-12(2)13-9-10-15(14(18)11-13)20(3)16-7-5-6-8-17(16)21/h9-12,16-17,19,21H,4-8H2,1-3H3. The summed E-state index contributed by atoms with van der Waals surface area (Å²) in [7, 11) is 1.88. The number of aliphatic hydroxyl groups is 1. The van der Waals surface area contributed by atoms with Crippen LogP contribution in [-0.2, 0) is 0 Å². The van der Waals surface area contributed by atoms with Crippen molar-refractivity contribution in [2.24, 2.45) is 0 Å². The predicted molar refractivity (Wildman–Crippen MR) is 85.2 cm³/mol. The fraction of sp³-hybridized carbons (Fsp3) is 0.647. The quantitative estimate of drug-likeness (QED) is 0.875. The van der Waals surface area contributed by atoms with E-state index in [9.17, 15) is 9.50 Å². The van der Waals surface area contributed by atoms with Gasteiger partial charge in [-0.2, -0.15) is 0 Å². The van der Waals surface area contributed by atoms with E-state index in [1.54, 1.807) is 6.07 Å². The lowest BCUT2D eigenvalue weighted by molar-refractivity contribution is 0.106. The average molecular weight is 294 g/mol. The maximum Gasteiger partial charge on any atom is 0.146 e. The molecular weight excluding hydrogens is 267 g/mol. The van der Waals surface area contributed by atoms with Crippen LogP contribution in [0.1, 0.15) is 51.1 Å². The van der Waals surface area contributed by atoms with Gasteiger partial charge in [0.25, 0.3) is 0 Å². The van der Waals surface area contributed by atoms with Gasteiger partial charge in [-0.05, 0) is 44.0 Å². The molecule has 2 N–H and O–H groups in total. The minimum atomic E-state index is -0.358. The molecule has 0 spiro atoms. The van der Waals surface area contributed by atoms with Gasteiger partial charge >= 0.3 is 0 Å². The lowest BCUT2D eigenvalue weighted by atomic mass is 9.91. The van der Waals surface area contributed by atoms with Crippen LogP contribution < -0.4 is 10.2 Å². The molecule has 0 bridgehead atoms. The van der Waals surface area contributed by atoms with Crippen LogP contribution in [0.5, 0.6) is 0 Å². The van der Waals surface area contributed by atoms with Crippen LogP contribution >= 0.6 is 0 Å². The van der Waals surface area contributed by atoms with Gasteiger partial charge in [-0.15, -0.1) is 0 Å². The number of aliphatic hydroxyl groups excluding tert-OH is 1. The highest BCUT2D eigenvalue weighted by Crippen LogP contribution is 2.29. The van der Waals surface area contributed by atoms with Crippen molar-refractivity contribution in [3.8, 4) is 0 Å². The normalized spacial score (nSPS) is 23.9. The molecule has 0 saturated heterocycles. The Morgan fingerprint density at radius 3 is 2.71 bits per heavy atom. The zero-order valence-electron chi connectivity index (χ0n) is 13.3. The number of nitrogens with zero attached hydrogens (tertiary/aromatic N) is 1. The van der Waals surface area contributed by atoms with Gasteiger partial charge in [0.2, 0.25) is 0 Å². The van der Waals surface area contributed by atoms with Gasteiger partial charge in [-0.25, -0.2) is 4.39 Å². The van der Waals surface area contributed by atoms with Crippen LogP contribution in [0.15, 0.2) is 18.2 Å². The van der Waals surface area contributed by atoms with Crippen molar-refractivity contribution in [2.45, 2.75) is 57.7 Å². The summed E-state index contributed by atoms with van der Waals surface area (Å²) in [5.41, 5.74) is 1.53. The lowest BCUT2D eigenvalue weighted by Gasteiger charge is -2.36. The summed E-state index contributed by atoms with van der Waals surface area (Å²) >= 11 is 0. The number of hydrogen-bond donors (Lipinski definition) is 2. The highest BCUT2D eigenvalue weighted by Gasteiger charge is 2.28. The van der Waals surface area contributed by atoms with Crippen molar-refractivity contribution in [3.63, 3.8) is 0 Å². The van der Waals surface area contributed by atoms with Crippen LogP contribution in [0, 0.1) is 5.82 Å². The van der Waals surface area contributed by atoms with E-state index in [1.807, 2.05) is 37.9 Å². The number of hydrogen-bond acceptors (Lipinski definition) is 3. The molecule has 21 heavy (non-hydrogen) atoms. The van der Waals surface area contributed by atoms with Gasteiger partial charge in [0.05, 0.1) is 17.8 Å². The SMILES string of the molecule is CCNC(C)c1ccc(N(C)C2CCCCC2O)c(F)c1. The van der Waals surface area contributed by atoms with Crippen LogP contribution in [0.2, 0.25) is 0 Å². The minimum absolute atomic E-state index is 0.0188. The van der Waals surface area contributed by atoms with Crippen LogP contribution in [-0.4, -0.2) is 30.8 Å². The number of halogens is 1. The molecule has 3 atom stereocenters. The Bertz CT molecular complexity index is 466. The summed E-state index contributed by atoms with van der Waals surface area (Å²) in [6.07, 6.45) is 3.54. The monoisotopic (exact) mass is 294 g/mol.